The molecule has 0 bridgehead atoms. The van der Waals surface area contributed by atoms with Crippen molar-refractivity contribution in [1.82, 2.24) is 35.6 Å². The normalized spacial score (nSPS) is 19.3. The Balaban J connectivity index is 1.14. The number of benzene rings is 5. The molecule has 26 heteroatoms. The van der Waals surface area contributed by atoms with E-state index in [-0.39, 0.29) is 124 Å². The van der Waals surface area contributed by atoms with Crippen LogP contribution in [0.15, 0.2) is 141 Å². The number of hydrogen-bond donors (Lipinski definition) is 0. The Morgan fingerprint density at radius 1 is 0.250 bits per heavy atom. The molecule has 2 fully saturated rings. The predicted octanol–water partition coefficient (Wildman–Crippen LogP) is 6.96. The molecule has 88 heavy (non-hydrogen) atoms. The van der Waals surface area contributed by atoms with E-state index >= 15 is 0 Å². The molecule has 2 aliphatic heterocycles. The second-order valence-electron chi connectivity index (χ2n) is 23.4. The third-order valence-electron chi connectivity index (χ3n) is 16.2. The summed E-state index contributed by atoms with van der Waals surface area (Å²) < 4.78 is 175. The van der Waals surface area contributed by atoms with Crippen molar-refractivity contribution < 1.29 is 50.5 Å². The van der Waals surface area contributed by atoms with E-state index in [1.54, 1.807) is 97.1 Å². The average molecular weight is 1330 g/mol. The highest BCUT2D eigenvalue weighted by atomic mass is 32.2. The van der Waals surface area contributed by atoms with Gasteiger partial charge < -0.3 is 0 Å². The lowest BCUT2D eigenvalue weighted by Gasteiger charge is -2.29. The van der Waals surface area contributed by atoms with Crippen molar-refractivity contribution in [2.75, 3.05) is 117 Å². The largest absolute Gasteiger partial charge is 0.299 e. The standard InChI is InChI=1S/C62H90N8O12S6/c1-53-15-27-59(28-16-53)85(75,76)67-43-7-35-63(36-8-44-68(86(77,78)60-29-17-54(2)18-30-60)48-12-40-65(39-11-47-67)83(5,71)72)51-57-23-25-58(26-24-57)52-64-37-9-45-69(87(79,80)61-31-19-55(3)20-32-61)49-13-41-66(84(6,73)74)42-14-50-70(46-10-38-64)88(81,82)62-33-21-56(4)22-34-62/h15-34H,7-14,35-52H2,1-6H3. The molecule has 5 aromatic rings. The minimum Gasteiger partial charge on any atom is -0.299 e. The SMILES string of the molecule is Cc1ccc(S(=O)(=O)N2CCCN(Cc3ccc(CN4CCCN(S(=O)(=O)c5ccc(C)cc5)CCCN(S(C)(=O)=O)CCCN(S(=O)(=O)c5ccc(C)cc5)CCC4)cc3)CCCN(S(=O)(=O)c3ccc(C)cc3)CCCN(S(C)(=O)=O)CCC2)cc1. The number of hydrogen-bond acceptors (Lipinski definition) is 14. The first-order chi connectivity index (χ1) is 41.5. The second-order valence-corrected chi connectivity index (χ2v) is 35.1. The molecular formula is C62H90N8O12S6. The summed E-state index contributed by atoms with van der Waals surface area (Å²) in [6.07, 6.45) is 4.77. The van der Waals surface area contributed by atoms with Crippen LogP contribution in [-0.4, -0.2) is 203 Å². The Hall–Kier alpha value is -4.52. The zero-order valence-corrected chi connectivity index (χ0v) is 56.8. The molecule has 0 unspecified atom stereocenters. The van der Waals surface area contributed by atoms with E-state index < -0.39 is 60.1 Å². The lowest BCUT2D eigenvalue weighted by atomic mass is 10.1. The molecule has 0 atom stereocenters. The molecule has 0 aliphatic carbocycles. The summed E-state index contributed by atoms with van der Waals surface area (Å²) >= 11 is 0. The summed E-state index contributed by atoms with van der Waals surface area (Å²) in [6, 6.07) is 34.8. The lowest BCUT2D eigenvalue weighted by molar-refractivity contribution is 0.234. The molecule has 2 saturated heterocycles. The van der Waals surface area contributed by atoms with Crippen LogP contribution < -0.4 is 0 Å². The molecule has 2 heterocycles. The van der Waals surface area contributed by atoms with Gasteiger partial charge in [0.1, 0.15) is 0 Å². The predicted molar refractivity (Wildman–Crippen MR) is 347 cm³/mol. The monoisotopic (exact) mass is 1330 g/mol. The Kier molecular flexibility index (Phi) is 25.5. The highest BCUT2D eigenvalue weighted by Crippen LogP contribution is 2.24. The summed E-state index contributed by atoms with van der Waals surface area (Å²) in [7, 11) is -23.3. The zero-order chi connectivity index (χ0) is 63.9. The molecule has 7 rings (SSSR count). The Bertz CT molecular complexity index is 3310. The van der Waals surface area contributed by atoms with Crippen molar-refractivity contribution in [3.8, 4) is 0 Å². The van der Waals surface area contributed by atoms with Crippen LogP contribution in [0.4, 0.5) is 0 Å². The zero-order valence-electron chi connectivity index (χ0n) is 51.9. The minimum atomic E-state index is -3.97. The van der Waals surface area contributed by atoms with Crippen LogP contribution in [0.25, 0.3) is 0 Å². The Morgan fingerprint density at radius 3 is 0.602 bits per heavy atom. The topological polar surface area (TPSA) is 231 Å². The molecule has 0 saturated carbocycles. The lowest BCUT2D eigenvalue weighted by Crippen LogP contribution is -2.40. The Morgan fingerprint density at radius 2 is 0.420 bits per heavy atom. The quantitative estimate of drug-likeness (QED) is 0.109. The van der Waals surface area contributed by atoms with Crippen LogP contribution in [0, 0.1) is 27.7 Å². The number of nitrogens with zero attached hydrogens (tertiary/aromatic N) is 8. The number of aryl methyl sites for hydroxylation is 4. The van der Waals surface area contributed by atoms with Crippen LogP contribution in [0.2, 0.25) is 0 Å². The first-order valence-corrected chi connectivity index (χ1v) is 39.7. The molecule has 0 spiro atoms. The fourth-order valence-electron chi connectivity index (χ4n) is 11.1. The fourth-order valence-corrected chi connectivity index (χ4v) is 19.0. The van der Waals surface area contributed by atoms with E-state index in [2.05, 4.69) is 9.80 Å². The van der Waals surface area contributed by atoms with Gasteiger partial charge in [0.25, 0.3) is 0 Å². The van der Waals surface area contributed by atoms with Crippen LogP contribution >= 0.6 is 0 Å². The first-order valence-electron chi connectivity index (χ1n) is 30.2. The van der Waals surface area contributed by atoms with Crippen LogP contribution in [0.1, 0.15) is 84.7 Å². The third-order valence-corrected chi connectivity index (χ3v) is 26.5. The van der Waals surface area contributed by atoms with Crippen molar-refractivity contribution in [3.63, 3.8) is 0 Å². The summed E-state index contributed by atoms with van der Waals surface area (Å²) in [5.41, 5.74) is 5.55. The summed E-state index contributed by atoms with van der Waals surface area (Å²) in [6.45, 7) is 11.3. The molecule has 0 radical (unpaired) electrons. The van der Waals surface area contributed by atoms with E-state index in [0.29, 0.717) is 65.0 Å². The van der Waals surface area contributed by atoms with Gasteiger partial charge in [-0.2, -0.15) is 17.2 Å². The van der Waals surface area contributed by atoms with Gasteiger partial charge in [-0.25, -0.2) is 59.1 Å². The van der Waals surface area contributed by atoms with Crippen LogP contribution in [-0.2, 0) is 73.2 Å². The van der Waals surface area contributed by atoms with Gasteiger partial charge in [-0.3, -0.25) is 9.80 Å². The number of rotatable bonds is 14. The van der Waals surface area contributed by atoms with Crippen molar-refractivity contribution in [2.24, 2.45) is 0 Å². The van der Waals surface area contributed by atoms with Gasteiger partial charge in [0.15, 0.2) is 0 Å². The van der Waals surface area contributed by atoms with Gasteiger partial charge in [0, 0.05) is 91.6 Å². The van der Waals surface area contributed by atoms with Crippen molar-refractivity contribution >= 4 is 60.1 Å². The van der Waals surface area contributed by atoms with E-state index in [1.807, 2.05) is 52.0 Å². The van der Waals surface area contributed by atoms with Gasteiger partial charge in [-0.1, -0.05) is 95.1 Å². The summed E-state index contributed by atoms with van der Waals surface area (Å²) in [4.78, 5) is 5.00. The minimum absolute atomic E-state index is 0.0494. The van der Waals surface area contributed by atoms with E-state index in [4.69, 9.17) is 0 Å². The molecule has 20 nitrogen and oxygen atoms in total. The molecule has 2 aliphatic rings. The van der Waals surface area contributed by atoms with Gasteiger partial charge in [-0.05, 0) is 165 Å². The second kappa shape index (κ2) is 31.7. The molecule has 486 valence electrons. The van der Waals surface area contributed by atoms with Crippen molar-refractivity contribution in [3.05, 3.63) is 155 Å². The molecule has 0 amide bonds. The molecule has 0 aromatic heterocycles. The molecular weight excluding hydrogens is 1240 g/mol. The van der Waals surface area contributed by atoms with Crippen LogP contribution in [0.5, 0.6) is 0 Å². The van der Waals surface area contributed by atoms with E-state index in [0.717, 1.165) is 45.9 Å². The molecule has 5 aromatic carbocycles. The smallest absolute Gasteiger partial charge is 0.243 e. The summed E-state index contributed by atoms with van der Waals surface area (Å²) in [5, 5.41) is 0. The average Bonchev–Trinajstić information content (AvgIpc) is 3.15. The fraction of sp³-hybridized carbons (Fsp3) is 0.516. The summed E-state index contributed by atoms with van der Waals surface area (Å²) in [5.74, 6) is 0. The maximum atomic E-state index is 14.3. The van der Waals surface area contributed by atoms with E-state index in [1.165, 1.54) is 25.8 Å². The van der Waals surface area contributed by atoms with Gasteiger partial charge in [-0.15, -0.1) is 0 Å². The first kappa shape index (κ1) is 70.9. The highest BCUT2D eigenvalue weighted by Gasteiger charge is 2.31. The third kappa shape index (κ3) is 20.2. The highest BCUT2D eigenvalue weighted by molar-refractivity contribution is 7.90. The van der Waals surface area contributed by atoms with Gasteiger partial charge in [0.05, 0.1) is 32.1 Å². The van der Waals surface area contributed by atoms with E-state index in [9.17, 15) is 50.5 Å². The van der Waals surface area contributed by atoms with Crippen molar-refractivity contribution in [1.29, 1.82) is 0 Å². The maximum absolute atomic E-state index is 14.3. The molecule has 0 N–H and O–H groups in total. The number of sulfonamides is 6. The van der Waals surface area contributed by atoms with Gasteiger partial charge >= 0.3 is 0 Å². The van der Waals surface area contributed by atoms with Crippen molar-refractivity contribution in [2.45, 2.75) is 112 Å². The Labute approximate surface area is 526 Å². The maximum Gasteiger partial charge on any atom is 0.243 e. The van der Waals surface area contributed by atoms with Gasteiger partial charge in [0.2, 0.25) is 60.1 Å². The van der Waals surface area contributed by atoms with Crippen LogP contribution in [0.3, 0.4) is 0 Å².